The lowest BCUT2D eigenvalue weighted by Crippen LogP contribution is -1.86. The van der Waals surface area contributed by atoms with Crippen LogP contribution in [0.3, 0.4) is 0 Å². The minimum absolute atomic E-state index is 0.222. The number of hydrogen-bond acceptors (Lipinski definition) is 3. The van der Waals surface area contributed by atoms with E-state index in [1.165, 1.54) is 0 Å². The Kier molecular flexibility index (Phi) is 5.66. The predicted molar refractivity (Wildman–Crippen MR) is 40.0 cm³/mol. The molecule has 0 aliphatic carbocycles. The number of nitrogens with zero attached hydrogens (tertiary/aromatic N) is 1. The zero-order valence-corrected chi connectivity index (χ0v) is 6.47. The largest absolute Gasteiger partial charge is 0.481 e. The van der Waals surface area contributed by atoms with Gasteiger partial charge in [0.2, 0.25) is 0 Å². The zero-order valence-electron chi connectivity index (χ0n) is 5.65. The van der Waals surface area contributed by atoms with Crippen LogP contribution in [-0.2, 0) is 4.79 Å². The standard InChI is InChI=1S/C3H3NS.C3H6O2/c1-2-5-3-4-1;1-2-3(4)5/h1-3H;2H2,1H3,(H,4,5). The van der Waals surface area contributed by atoms with Crippen LogP contribution in [0.25, 0.3) is 0 Å². The number of rotatable bonds is 1. The fraction of sp³-hybridized carbons (Fsp3) is 0.333. The molecule has 0 saturated carbocycles. The van der Waals surface area contributed by atoms with Crippen molar-refractivity contribution in [3.63, 3.8) is 0 Å². The maximum Gasteiger partial charge on any atom is 0.303 e. The van der Waals surface area contributed by atoms with E-state index in [1.807, 2.05) is 5.38 Å². The van der Waals surface area contributed by atoms with Gasteiger partial charge >= 0.3 is 5.97 Å². The number of carboxylic acid groups (broad SMARTS) is 1. The molecule has 0 radical (unpaired) electrons. The highest BCUT2D eigenvalue weighted by Gasteiger charge is 1.80. The molecule has 0 spiro atoms. The second-order valence-corrected chi connectivity index (χ2v) is 2.18. The lowest BCUT2D eigenvalue weighted by Gasteiger charge is -1.71. The highest BCUT2D eigenvalue weighted by molar-refractivity contribution is 7.07. The third-order valence-electron chi connectivity index (χ3n) is 0.650. The maximum absolute atomic E-state index is 9.37. The maximum atomic E-state index is 9.37. The summed E-state index contributed by atoms with van der Waals surface area (Å²) >= 11 is 1.60. The van der Waals surface area contributed by atoms with E-state index in [0.717, 1.165) is 0 Å². The molecule has 0 aromatic carbocycles. The Bertz CT molecular complexity index is 145. The van der Waals surface area contributed by atoms with Gasteiger partial charge in [0.1, 0.15) is 0 Å². The molecule has 4 heteroatoms. The van der Waals surface area contributed by atoms with Gasteiger partial charge in [-0.1, -0.05) is 6.92 Å². The van der Waals surface area contributed by atoms with Gasteiger partial charge < -0.3 is 5.11 Å². The molecule has 10 heavy (non-hydrogen) atoms. The Hall–Kier alpha value is -0.900. The molecule has 1 heterocycles. The fourth-order valence-electron chi connectivity index (χ4n) is 0.176. The topological polar surface area (TPSA) is 50.2 Å². The Balaban J connectivity index is 0.000000162. The highest BCUT2D eigenvalue weighted by Crippen LogP contribution is 1.85. The molecule has 0 amide bonds. The summed E-state index contributed by atoms with van der Waals surface area (Å²) in [6, 6.07) is 0. The van der Waals surface area contributed by atoms with Crippen molar-refractivity contribution < 1.29 is 9.90 Å². The molecule has 0 saturated heterocycles. The molecular weight excluding hydrogens is 150 g/mol. The minimum atomic E-state index is -0.745. The van der Waals surface area contributed by atoms with Gasteiger partial charge in [0.15, 0.2) is 0 Å². The van der Waals surface area contributed by atoms with Gasteiger partial charge in [-0.25, -0.2) is 0 Å². The van der Waals surface area contributed by atoms with Gasteiger partial charge in [0.25, 0.3) is 0 Å². The van der Waals surface area contributed by atoms with Crippen LogP contribution in [0.5, 0.6) is 0 Å². The van der Waals surface area contributed by atoms with Crippen molar-refractivity contribution in [3.8, 4) is 0 Å². The van der Waals surface area contributed by atoms with Gasteiger partial charge in [0, 0.05) is 18.0 Å². The number of thiazole rings is 1. The van der Waals surface area contributed by atoms with Crippen molar-refractivity contribution in [1.82, 2.24) is 4.98 Å². The average molecular weight is 159 g/mol. The van der Waals surface area contributed by atoms with Crippen LogP contribution in [0.1, 0.15) is 13.3 Å². The number of aromatic nitrogens is 1. The summed E-state index contributed by atoms with van der Waals surface area (Å²) in [6.07, 6.45) is 1.99. The third kappa shape index (κ3) is 7.10. The molecule has 56 valence electrons. The summed E-state index contributed by atoms with van der Waals surface area (Å²) in [4.78, 5) is 13.1. The van der Waals surface area contributed by atoms with Crippen molar-refractivity contribution in [3.05, 3.63) is 17.1 Å². The van der Waals surface area contributed by atoms with Gasteiger partial charge in [-0.3, -0.25) is 9.78 Å². The van der Waals surface area contributed by atoms with Crippen molar-refractivity contribution in [1.29, 1.82) is 0 Å². The monoisotopic (exact) mass is 159 g/mol. The van der Waals surface area contributed by atoms with Crippen LogP contribution >= 0.6 is 11.3 Å². The molecule has 0 bridgehead atoms. The number of carbonyl (C=O) groups is 1. The van der Waals surface area contributed by atoms with Gasteiger partial charge in [0.05, 0.1) is 5.51 Å². The number of aliphatic carboxylic acids is 1. The van der Waals surface area contributed by atoms with Crippen LogP contribution in [-0.4, -0.2) is 16.1 Å². The first-order valence-electron chi connectivity index (χ1n) is 2.81. The first-order chi connectivity index (χ1) is 4.77. The van der Waals surface area contributed by atoms with E-state index in [4.69, 9.17) is 5.11 Å². The van der Waals surface area contributed by atoms with E-state index in [-0.39, 0.29) is 6.42 Å². The Labute approximate surface area is 63.3 Å². The predicted octanol–water partition coefficient (Wildman–Crippen LogP) is 1.62. The number of carboxylic acids is 1. The van der Waals surface area contributed by atoms with Crippen LogP contribution in [0.15, 0.2) is 17.1 Å². The molecule has 1 aromatic rings. The summed E-state index contributed by atoms with van der Waals surface area (Å²) in [6.45, 7) is 1.60. The number of hydrogen-bond donors (Lipinski definition) is 1. The summed E-state index contributed by atoms with van der Waals surface area (Å²) in [5, 5.41) is 9.65. The molecule has 0 unspecified atom stereocenters. The molecule has 1 aromatic heterocycles. The molecule has 1 N–H and O–H groups in total. The quantitative estimate of drug-likeness (QED) is 0.677. The summed E-state index contributed by atoms with van der Waals surface area (Å²) in [5.41, 5.74) is 1.79. The summed E-state index contributed by atoms with van der Waals surface area (Å²) in [5.74, 6) is -0.745. The minimum Gasteiger partial charge on any atom is -0.481 e. The molecule has 0 aliphatic rings. The Morgan fingerprint density at radius 2 is 2.40 bits per heavy atom. The van der Waals surface area contributed by atoms with Gasteiger partial charge in [-0.2, -0.15) is 0 Å². The van der Waals surface area contributed by atoms with Crippen LogP contribution in [0, 0.1) is 0 Å². The molecule has 0 aliphatic heterocycles. The van der Waals surface area contributed by atoms with Crippen molar-refractivity contribution in [2.24, 2.45) is 0 Å². The fourth-order valence-corrected chi connectivity index (χ4v) is 0.527. The second-order valence-electron chi connectivity index (χ2n) is 1.42. The second kappa shape index (κ2) is 6.22. The molecular formula is C6H9NO2S. The third-order valence-corrected chi connectivity index (χ3v) is 1.17. The van der Waals surface area contributed by atoms with Crippen LogP contribution in [0.2, 0.25) is 0 Å². The van der Waals surface area contributed by atoms with Gasteiger partial charge in [-0.05, 0) is 0 Å². The van der Waals surface area contributed by atoms with Crippen molar-refractivity contribution in [2.75, 3.05) is 0 Å². The zero-order chi connectivity index (χ0) is 7.82. The van der Waals surface area contributed by atoms with E-state index < -0.39 is 5.97 Å². The Morgan fingerprint density at radius 3 is 2.50 bits per heavy atom. The average Bonchev–Trinajstić information content (AvgIpc) is 2.43. The first kappa shape index (κ1) is 9.10. The van der Waals surface area contributed by atoms with Crippen molar-refractivity contribution in [2.45, 2.75) is 13.3 Å². The Morgan fingerprint density at radius 1 is 1.80 bits per heavy atom. The smallest absolute Gasteiger partial charge is 0.303 e. The molecule has 3 nitrogen and oxygen atoms in total. The molecule has 0 atom stereocenters. The van der Waals surface area contributed by atoms with E-state index in [0.29, 0.717) is 0 Å². The van der Waals surface area contributed by atoms with E-state index in [2.05, 4.69) is 4.98 Å². The molecule has 1 rings (SSSR count). The van der Waals surface area contributed by atoms with E-state index in [1.54, 1.807) is 30.0 Å². The SMILES string of the molecule is CCC(=O)O.c1cscn1. The summed E-state index contributed by atoms with van der Waals surface area (Å²) in [7, 11) is 0. The van der Waals surface area contributed by atoms with E-state index >= 15 is 0 Å². The normalized spacial score (nSPS) is 7.70. The van der Waals surface area contributed by atoms with Crippen LogP contribution in [0.4, 0.5) is 0 Å². The lowest BCUT2D eigenvalue weighted by atomic mass is 10.5. The molecule has 0 fully saturated rings. The van der Waals surface area contributed by atoms with Crippen molar-refractivity contribution >= 4 is 17.3 Å². The highest BCUT2D eigenvalue weighted by atomic mass is 32.1. The lowest BCUT2D eigenvalue weighted by molar-refractivity contribution is -0.136. The summed E-state index contributed by atoms with van der Waals surface area (Å²) < 4.78 is 0. The van der Waals surface area contributed by atoms with E-state index in [9.17, 15) is 4.79 Å². The van der Waals surface area contributed by atoms with Crippen LogP contribution < -0.4 is 0 Å². The van der Waals surface area contributed by atoms with Gasteiger partial charge in [-0.15, -0.1) is 11.3 Å². The first-order valence-corrected chi connectivity index (χ1v) is 3.75.